The molecule has 0 saturated heterocycles. The van der Waals surface area contributed by atoms with Crippen LogP contribution in [0.5, 0.6) is 0 Å². The summed E-state index contributed by atoms with van der Waals surface area (Å²) in [7, 11) is 0. The van der Waals surface area contributed by atoms with E-state index in [1.807, 2.05) is 0 Å². The summed E-state index contributed by atoms with van der Waals surface area (Å²) in [5, 5.41) is 0. The molecule has 0 spiro atoms. The fraction of sp³-hybridized carbons (Fsp3) is 0.880. The second kappa shape index (κ2) is 24.6. The van der Waals surface area contributed by atoms with Crippen molar-refractivity contribution in [1.82, 2.24) is 0 Å². The molecule has 0 aromatic rings. The van der Waals surface area contributed by atoms with Crippen LogP contribution in [0.2, 0.25) is 0 Å². The maximum absolute atomic E-state index is 11.3. The Morgan fingerprint density at radius 2 is 1.11 bits per heavy atom. The number of ether oxygens (including phenoxy) is 1. The summed E-state index contributed by atoms with van der Waals surface area (Å²) in [5.41, 5.74) is 0. The summed E-state index contributed by atoms with van der Waals surface area (Å²) >= 11 is 4.03. The molecule has 0 aromatic heterocycles. The van der Waals surface area contributed by atoms with Gasteiger partial charge in [-0.15, -0.1) is 0 Å². The fourth-order valence-corrected chi connectivity index (χ4v) is 3.55. The van der Waals surface area contributed by atoms with E-state index < -0.39 is 0 Å². The predicted octanol–water partition coefficient (Wildman–Crippen LogP) is 8.45. The Bertz CT molecular complexity index is 341. The molecule has 3 heteroatoms. The minimum Gasteiger partial charge on any atom is -0.465 e. The lowest BCUT2D eigenvalue weighted by atomic mass is 10.1. The molecule has 0 aliphatic rings. The molecule has 0 atom stereocenters. The molecule has 0 bridgehead atoms. The molecule has 0 heterocycles. The van der Waals surface area contributed by atoms with Gasteiger partial charge in [0.2, 0.25) is 0 Å². The standard InChI is InChI=1S/C25H48O2S/c1-2-3-4-5-6-7-8-9-10-11-12-13-14-15-16-17-18-19-20-21-22-25(26)27-23-24-28/h10-11,28H,2-9,12-24H2,1H3/b11-10+. The van der Waals surface area contributed by atoms with E-state index in [1.165, 1.54) is 103 Å². The van der Waals surface area contributed by atoms with Crippen molar-refractivity contribution < 1.29 is 9.53 Å². The molecule has 28 heavy (non-hydrogen) atoms. The van der Waals surface area contributed by atoms with Gasteiger partial charge in [-0.1, -0.05) is 103 Å². The smallest absolute Gasteiger partial charge is 0.305 e. The minimum atomic E-state index is -0.0643. The van der Waals surface area contributed by atoms with Crippen LogP contribution in [0.15, 0.2) is 12.2 Å². The predicted molar refractivity (Wildman–Crippen MR) is 127 cm³/mol. The molecular formula is C25H48O2S. The molecule has 0 saturated carbocycles. The van der Waals surface area contributed by atoms with Crippen molar-refractivity contribution in [2.45, 2.75) is 129 Å². The Morgan fingerprint density at radius 1 is 0.679 bits per heavy atom. The third-order valence-corrected chi connectivity index (χ3v) is 5.43. The number of rotatable bonds is 22. The maximum atomic E-state index is 11.3. The van der Waals surface area contributed by atoms with Gasteiger partial charge in [-0.2, -0.15) is 12.6 Å². The molecule has 0 aliphatic carbocycles. The first kappa shape index (κ1) is 27.6. The number of thiol groups is 1. The summed E-state index contributed by atoms with van der Waals surface area (Å²) in [6.45, 7) is 2.72. The van der Waals surface area contributed by atoms with E-state index in [-0.39, 0.29) is 5.97 Å². The third-order valence-electron chi connectivity index (χ3n) is 5.25. The topological polar surface area (TPSA) is 26.3 Å². The number of hydrogen-bond donors (Lipinski definition) is 1. The van der Waals surface area contributed by atoms with Gasteiger partial charge >= 0.3 is 5.97 Å². The Hall–Kier alpha value is -0.440. The zero-order valence-electron chi connectivity index (χ0n) is 18.8. The van der Waals surface area contributed by atoms with E-state index >= 15 is 0 Å². The monoisotopic (exact) mass is 412 g/mol. The first-order chi connectivity index (χ1) is 13.8. The van der Waals surface area contributed by atoms with Crippen LogP contribution in [0, 0.1) is 0 Å². The minimum absolute atomic E-state index is 0.0643. The van der Waals surface area contributed by atoms with Crippen molar-refractivity contribution in [1.29, 1.82) is 0 Å². The van der Waals surface area contributed by atoms with Crippen molar-refractivity contribution in [3.05, 3.63) is 12.2 Å². The average Bonchev–Trinajstić information content (AvgIpc) is 2.70. The van der Waals surface area contributed by atoms with Crippen LogP contribution in [-0.2, 0) is 9.53 Å². The Balaban J connectivity index is 3.12. The number of unbranched alkanes of at least 4 members (excludes halogenated alkanes) is 16. The number of allylic oxidation sites excluding steroid dienone is 2. The summed E-state index contributed by atoms with van der Waals surface area (Å²) < 4.78 is 5.01. The van der Waals surface area contributed by atoms with E-state index in [9.17, 15) is 4.79 Å². The molecule has 0 radical (unpaired) electrons. The normalized spacial score (nSPS) is 11.4. The number of carbonyl (C=O) groups excluding carboxylic acids is 1. The summed E-state index contributed by atoms with van der Waals surface area (Å²) in [6.07, 6.45) is 29.2. The Kier molecular flexibility index (Phi) is 24.2. The molecular weight excluding hydrogens is 364 g/mol. The molecule has 0 fully saturated rings. The van der Waals surface area contributed by atoms with Crippen molar-refractivity contribution in [2.24, 2.45) is 0 Å². The molecule has 0 N–H and O–H groups in total. The highest BCUT2D eigenvalue weighted by Gasteiger charge is 2.01. The third kappa shape index (κ3) is 23.6. The van der Waals surface area contributed by atoms with E-state index in [1.54, 1.807) is 0 Å². The molecule has 166 valence electrons. The SMILES string of the molecule is CCCCCCCCC/C=C/CCCCCCCCCCCC(=O)OCCS. The van der Waals surface area contributed by atoms with Crippen molar-refractivity contribution >= 4 is 18.6 Å². The van der Waals surface area contributed by atoms with Gasteiger partial charge in [-0.25, -0.2) is 0 Å². The zero-order chi connectivity index (χ0) is 20.5. The van der Waals surface area contributed by atoms with Gasteiger partial charge < -0.3 is 4.74 Å². The Morgan fingerprint density at radius 3 is 1.57 bits per heavy atom. The van der Waals surface area contributed by atoms with Gasteiger partial charge in [0, 0.05) is 12.2 Å². The highest BCUT2D eigenvalue weighted by atomic mass is 32.1. The number of hydrogen-bond acceptors (Lipinski definition) is 3. The number of carbonyl (C=O) groups is 1. The van der Waals surface area contributed by atoms with Gasteiger partial charge in [-0.05, 0) is 32.1 Å². The van der Waals surface area contributed by atoms with E-state index in [4.69, 9.17) is 4.74 Å². The van der Waals surface area contributed by atoms with Gasteiger partial charge in [0.1, 0.15) is 6.61 Å². The molecule has 2 nitrogen and oxygen atoms in total. The first-order valence-electron chi connectivity index (χ1n) is 12.2. The van der Waals surface area contributed by atoms with Gasteiger partial charge in [-0.3, -0.25) is 4.79 Å². The van der Waals surface area contributed by atoms with Crippen molar-refractivity contribution in [2.75, 3.05) is 12.4 Å². The number of esters is 1. The maximum Gasteiger partial charge on any atom is 0.305 e. The fourth-order valence-electron chi connectivity index (χ4n) is 3.46. The van der Waals surface area contributed by atoms with Crippen LogP contribution in [0.3, 0.4) is 0 Å². The summed E-state index contributed by atoms with van der Waals surface area (Å²) in [6, 6.07) is 0. The van der Waals surface area contributed by atoms with Crippen LogP contribution < -0.4 is 0 Å². The molecule has 0 aliphatic heterocycles. The molecule has 0 amide bonds. The Labute approximate surface area is 181 Å². The van der Waals surface area contributed by atoms with Gasteiger partial charge in [0.15, 0.2) is 0 Å². The van der Waals surface area contributed by atoms with E-state index in [0.29, 0.717) is 18.8 Å². The largest absolute Gasteiger partial charge is 0.465 e. The first-order valence-corrected chi connectivity index (χ1v) is 12.9. The second-order valence-electron chi connectivity index (χ2n) is 8.05. The lowest BCUT2D eigenvalue weighted by Crippen LogP contribution is -2.06. The second-order valence-corrected chi connectivity index (χ2v) is 8.49. The molecule has 0 unspecified atom stereocenters. The van der Waals surface area contributed by atoms with E-state index in [2.05, 4.69) is 31.7 Å². The van der Waals surface area contributed by atoms with Crippen LogP contribution in [0.4, 0.5) is 0 Å². The van der Waals surface area contributed by atoms with Crippen LogP contribution in [-0.4, -0.2) is 18.3 Å². The van der Waals surface area contributed by atoms with Crippen molar-refractivity contribution in [3.63, 3.8) is 0 Å². The van der Waals surface area contributed by atoms with Crippen molar-refractivity contribution in [3.8, 4) is 0 Å². The molecule has 0 aromatic carbocycles. The lowest BCUT2D eigenvalue weighted by molar-refractivity contribution is -0.143. The highest BCUT2D eigenvalue weighted by molar-refractivity contribution is 7.80. The highest BCUT2D eigenvalue weighted by Crippen LogP contribution is 2.12. The summed E-state index contributed by atoms with van der Waals surface area (Å²) in [5.74, 6) is 0.548. The van der Waals surface area contributed by atoms with Gasteiger partial charge in [0.25, 0.3) is 0 Å². The average molecular weight is 413 g/mol. The zero-order valence-corrected chi connectivity index (χ0v) is 19.7. The van der Waals surface area contributed by atoms with E-state index in [0.717, 1.165) is 12.8 Å². The molecule has 0 rings (SSSR count). The van der Waals surface area contributed by atoms with Crippen LogP contribution in [0.1, 0.15) is 129 Å². The quantitative estimate of drug-likeness (QED) is 0.0835. The van der Waals surface area contributed by atoms with Crippen LogP contribution in [0.25, 0.3) is 0 Å². The lowest BCUT2D eigenvalue weighted by Gasteiger charge is -2.03. The van der Waals surface area contributed by atoms with Crippen LogP contribution >= 0.6 is 12.6 Å². The summed E-state index contributed by atoms with van der Waals surface area (Å²) in [4.78, 5) is 11.3. The van der Waals surface area contributed by atoms with Gasteiger partial charge in [0.05, 0.1) is 0 Å².